The van der Waals surface area contributed by atoms with Gasteiger partial charge in [-0.05, 0) is 36.8 Å². The maximum atomic E-state index is 14.7. The molecule has 142 valence electrons. The monoisotopic (exact) mass is 376 g/mol. The van der Waals surface area contributed by atoms with Gasteiger partial charge in [-0.1, -0.05) is 6.07 Å². The standard InChI is InChI=1S/C21H21FN6/c1-14-9-16(5-7-25-14)19-4-3-15(11-27-19)12-28-21-20(22)18(6-8-26-21)17(10-23)13-24-2/h3-11,13,23-24H,12H2,1-2H3,(H,26,28)/b17-13+,23-10?. The molecule has 3 aromatic rings. The Bertz CT molecular complexity index is 998. The van der Waals surface area contributed by atoms with E-state index >= 15 is 0 Å². The fraction of sp³-hybridized carbons (Fsp3) is 0.143. The third-order valence-corrected chi connectivity index (χ3v) is 4.13. The number of aromatic nitrogens is 3. The Hall–Kier alpha value is -3.61. The van der Waals surface area contributed by atoms with Gasteiger partial charge in [0.25, 0.3) is 0 Å². The van der Waals surface area contributed by atoms with Crippen LogP contribution in [-0.2, 0) is 6.54 Å². The predicted octanol–water partition coefficient (Wildman–Crippen LogP) is 3.81. The van der Waals surface area contributed by atoms with Crippen LogP contribution in [0.25, 0.3) is 16.8 Å². The normalized spacial score (nSPS) is 11.2. The highest BCUT2D eigenvalue weighted by Gasteiger charge is 2.12. The van der Waals surface area contributed by atoms with E-state index in [2.05, 4.69) is 25.6 Å². The summed E-state index contributed by atoms with van der Waals surface area (Å²) in [5, 5.41) is 13.3. The van der Waals surface area contributed by atoms with Crippen molar-refractivity contribution in [3.05, 3.63) is 77.8 Å². The highest BCUT2D eigenvalue weighted by molar-refractivity contribution is 6.08. The van der Waals surface area contributed by atoms with Gasteiger partial charge in [-0.15, -0.1) is 0 Å². The zero-order chi connectivity index (χ0) is 19.9. The van der Waals surface area contributed by atoms with Crippen molar-refractivity contribution in [1.82, 2.24) is 20.3 Å². The van der Waals surface area contributed by atoms with Crippen LogP contribution < -0.4 is 10.6 Å². The van der Waals surface area contributed by atoms with E-state index in [0.29, 0.717) is 17.7 Å². The second-order valence-corrected chi connectivity index (χ2v) is 6.14. The average Bonchev–Trinajstić information content (AvgIpc) is 2.72. The second-order valence-electron chi connectivity index (χ2n) is 6.14. The molecule has 3 heterocycles. The number of hydrogen-bond acceptors (Lipinski definition) is 6. The van der Waals surface area contributed by atoms with Crippen LogP contribution in [0.1, 0.15) is 16.8 Å². The molecule has 3 aromatic heterocycles. The molecule has 0 unspecified atom stereocenters. The van der Waals surface area contributed by atoms with Gasteiger partial charge in [-0.2, -0.15) is 0 Å². The quantitative estimate of drug-likeness (QED) is 0.546. The van der Waals surface area contributed by atoms with E-state index in [0.717, 1.165) is 28.7 Å². The van der Waals surface area contributed by atoms with Crippen LogP contribution >= 0.6 is 0 Å². The number of aryl methyl sites for hydroxylation is 1. The first-order valence-electron chi connectivity index (χ1n) is 8.77. The molecule has 3 rings (SSSR count). The lowest BCUT2D eigenvalue weighted by atomic mass is 10.1. The van der Waals surface area contributed by atoms with Gasteiger partial charge in [0.15, 0.2) is 11.6 Å². The number of anilines is 1. The van der Waals surface area contributed by atoms with Crippen LogP contribution in [0.4, 0.5) is 10.2 Å². The molecule has 3 N–H and O–H groups in total. The van der Waals surface area contributed by atoms with Crippen molar-refractivity contribution in [2.45, 2.75) is 13.5 Å². The van der Waals surface area contributed by atoms with E-state index in [-0.39, 0.29) is 5.82 Å². The van der Waals surface area contributed by atoms with Crippen LogP contribution in [0, 0.1) is 18.2 Å². The van der Waals surface area contributed by atoms with E-state index in [9.17, 15) is 4.39 Å². The molecular weight excluding hydrogens is 355 g/mol. The van der Waals surface area contributed by atoms with Gasteiger partial charge >= 0.3 is 0 Å². The van der Waals surface area contributed by atoms with Crippen molar-refractivity contribution in [3.8, 4) is 11.3 Å². The number of hydrogen-bond donors (Lipinski definition) is 3. The SMILES string of the molecule is CN/C=C(\C=N)c1ccnc(NCc2ccc(-c3ccnc(C)c3)nc2)c1F. The molecule has 0 bridgehead atoms. The summed E-state index contributed by atoms with van der Waals surface area (Å²) in [6.07, 6.45) is 7.69. The van der Waals surface area contributed by atoms with Gasteiger partial charge in [0.2, 0.25) is 0 Å². The van der Waals surface area contributed by atoms with E-state index in [4.69, 9.17) is 5.41 Å². The highest BCUT2D eigenvalue weighted by Crippen LogP contribution is 2.22. The summed E-state index contributed by atoms with van der Waals surface area (Å²) >= 11 is 0. The van der Waals surface area contributed by atoms with Crippen LogP contribution in [0.15, 0.2) is 55.1 Å². The van der Waals surface area contributed by atoms with Crippen LogP contribution in [0.2, 0.25) is 0 Å². The van der Waals surface area contributed by atoms with Crippen LogP contribution in [-0.4, -0.2) is 28.2 Å². The Labute approximate surface area is 163 Å². The van der Waals surface area contributed by atoms with Crippen LogP contribution in [0.5, 0.6) is 0 Å². The fourth-order valence-electron chi connectivity index (χ4n) is 2.73. The van der Waals surface area contributed by atoms with E-state index < -0.39 is 5.82 Å². The maximum Gasteiger partial charge on any atom is 0.173 e. The third-order valence-electron chi connectivity index (χ3n) is 4.13. The van der Waals surface area contributed by atoms with Crippen molar-refractivity contribution in [3.63, 3.8) is 0 Å². The largest absolute Gasteiger partial charge is 0.393 e. The lowest BCUT2D eigenvalue weighted by molar-refractivity contribution is 0.621. The van der Waals surface area contributed by atoms with E-state index in [1.54, 1.807) is 31.7 Å². The van der Waals surface area contributed by atoms with Gasteiger partial charge in [-0.25, -0.2) is 9.37 Å². The van der Waals surface area contributed by atoms with Crippen molar-refractivity contribution in [2.24, 2.45) is 0 Å². The minimum atomic E-state index is -0.496. The van der Waals surface area contributed by atoms with E-state index in [1.807, 2.05) is 31.2 Å². The lowest BCUT2D eigenvalue weighted by Crippen LogP contribution is -2.07. The second kappa shape index (κ2) is 8.85. The Morgan fingerprint density at radius 1 is 1.14 bits per heavy atom. The molecule has 0 aliphatic carbocycles. The summed E-state index contributed by atoms with van der Waals surface area (Å²) in [7, 11) is 1.70. The summed E-state index contributed by atoms with van der Waals surface area (Å²) in [6.45, 7) is 2.32. The topological polar surface area (TPSA) is 86.6 Å². The van der Waals surface area contributed by atoms with Crippen molar-refractivity contribution in [2.75, 3.05) is 12.4 Å². The number of halogens is 1. The van der Waals surface area contributed by atoms with Crippen molar-refractivity contribution in [1.29, 1.82) is 5.41 Å². The Morgan fingerprint density at radius 3 is 2.64 bits per heavy atom. The molecule has 0 aromatic carbocycles. The number of nitrogens with one attached hydrogen (secondary N) is 3. The first-order valence-corrected chi connectivity index (χ1v) is 8.77. The Morgan fingerprint density at radius 2 is 1.96 bits per heavy atom. The minimum absolute atomic E-state index is 0.134. The van der Waals surface area contributed by atoms with E-state index in [1.165, 1.54) is 6.20 Å². The average molecular weight is 376 g/mol. The van der Waals surface area contributed by atoms with Gasteiger partial charge in [0.1, 0.15) is 0 Å². The zero-order valence-corrected chi connectivity index (χ0v) is 15.7. The van der Waals surface area contributed by atoms with Crippen LogP contribution in [0.3, 0.4) is 0 Å². The van der Waals surface area contributed by atoms with Gasteiger partial charge in [0, 0.05) is 67.0 Å². The molecule has 0 fully saturated rings. The highest BCUT2D eigenvalue weighted by atomic mass is 19.1. The predicted molar refractivity (Wildman–Crippen MR) is 110 cm³/mol. The molecule has 0 atom stereocenters. The first kappa shape index (κ1) is 19.2. The van der Waals surface area contributed by atoms with Crippen molar-refractivity contribution < 1.29 is 4.39 Å². The molecule has 0 spiro atoms. The molecule has 0 aliphatic heterocycles. The van der Waals surface area contributed by atoms with Gasteiger partial charge in [-0.3, -0.25) is 9.97 Å². The molecule has 7 heteroatoms. The third kappa shape index (κ3) is 4.37. The molecule has 0 aliphatic rings. The van der Waals surface area contributed by atoms with Gasteiger partial charge in [0.05, 0.1) is 5.69 Å². The molecule has 0 amide bonds. The molecule has 0 radical (unpaired) electrons. The number of rotatable bonds is 7. The molecule has 6 nitrogen and oxygen atoms in total. The molecular formula is C21H21FN6. The smallest absolute Gasteiger partial charge is 0.173 e. The summed E-state index contributed by atoms with van der Waals surface area (Å²) < 4.78 is 14.7. The summed E-state index contributed by atoms with van der Waals surface area (Å²) in [5.41, 5.74) is 4.44. The lowest BCUT2D eigenvalue weighted by Gasteiger charge is -2.10. The summed E-state index contributed by atoms with van der Waals surface area (Å²) in [5.74, 6) is -0.362. The summed E-state index contributed by atoms with van der Waals surface area (Å²) in [4.78, 5) is 12.7. The van der Waals surface area contributed by atoms with Gasteiger partial charge < -0.3 is 16.0 Å². The number of allylic oxidation sites excluding steroid dienone is 1. The Kier molecular flexibility index (Phi) is 6.06. The first-order chi connectivity index (χ1) is 13.6. The fourth-order valence-corrected chi connectivity index (χ4v) is 2.73. The zero-order valence-electron chi connectivity index (χ0n) is 15.7. The molecule has 0 saturated carbocycles. The maximum absolute atomic E-state index is 14.7. The molecule has 28 heavy (non-hydrogen) atoms. The minimum Gasteiger partial charge on any atom is -0.393 e. The van der Waals surface area contributed by atoms with Crippen molar-refractivity contribution >= 4 is 17.6 Å². The Balaban J connectivity index is 1.74. The molecule has 0 saturated heterocycles. The summed E-state index contributed by atoms with van der Waals surface area (Å²) in [6, 6.07) is 9.30. The number of pyridine rings is 3. The number of nitrogens with zero attached hydrogens (tertiary/aromatic N) is 3.